The molecular weight excluding hydrogens is 284 g/mol. The minimum absolute atomic E-state index is 0.00399. The first kappa shape index (κ1) is 18.0. The van der Waals surface area contributed by atoms with E-state index in [1.165, 1.54) is 7.11 Å². The summed E-state index contributed by atoms with van der Waals surface area (Å²) in [5.74, 6) is 0.200. The van der Waals surface area contributed by atoms with Gasteiger partial charge in [0.15, 0.2) is 11.5 Å². The Morgan fingerprint density at radius 1 is 1.05 bits per heavy atom. The van der Waals surface area contributed by atoms with Crippen molar-refractivity contribution >= 4 is 11.9 Å². The van der Waals surface area contributed by atoms with Crippen LogP contribution < -0.4 is 9.47 Å². The zero-order valence-electron chi connectivity index (χ0n) is 13.8. The number of rotatable bonds is 7. The molecule has 0 fully saturated rings. The van der Waals surface area contributed by atoms with Gasteiger partial charge in [0.05, 0.1) is 20.0 Å². The second-order valence-electron chi connectivity index (χ2n) is 5.57. The number of carbonyl (C=O) groups excluding carboxylic acids is 2. The molecule has 0 amide bonds. The number of methoxy groups -OCH3 is 1. The number of hydrogen-bond donors (Lipinski definition) is 0. The van der Waals surface area contributed by atoms with E-state index in [1.807, 2.05) is 33.8 Å². The molecule has 0 aliphatic heterocycles. The molecule has 1 atom stereocenters. The quantitative estimate of drug-likeness (QED) is 0.571. The van der Waals surface area contributed by atoms with Gasteiger partial charge in [0.25, 0.3) is 0 Å². The number of carbonyl (C=O) groups is 2. The summed E-state index contributed by atoms with van der Waals surface area (Å²) >= 11 is 0. The molecule has 0 saturated heterocycles. The summed E-state index contributed by atoms with van der Waals surface area (Å²) in [7, 11) is 1.51. The summed E-state index contributed by atoms with van der Waals surface area (Å²) in [5.41, 5.74) is 0.953. The minimum Gasteiger partial charge on any atom is -0.493 e. The normalized spacial score (nSPS) is 11.9. The zero-order valence-corrected chi connectivity index (χ0v) is 13.8. The minimum atomic E-state index is -0.488. The Bertz CT molecular complexity index is 522. The van der Waals surface area contributed by atoms with Crippen LogP contribution in [0, 0.1) is 12.8 Å². The fourth-order valence-corrected chi connectivity index (χ4v) is 1.64. The third-order valence-electron chi connectivity index (χ3n) is 3.33. The van der Waals surface area contributed by atoms with Crippen LogP contribution in [0.1, 0.15) is 39.2 Å². The van der Waals surface area contributed by atoms with Crippen LogP contribution in [0.25, 0.3) is 0 Å². The van der Waals surface area contributed by atoms with Gasteiger partial charge in [-0.3, -0.25) is 9.59 Å². The third kappa shape index (κ3) is 5.76. The highest BCUT2D eigenvalue weighted by atomic mass is 16.6. The van der Waals surface area contributed by atoms with Gasteiger partial charge in [-0.15, -0.1) is 0 Å². The van der Waals surface area contributed by atoms with Crippen LogP contribution >= 0.6 is 0 Å². The van der Waals surface area contributed by atoms with Crippen LogP contribution in [-0.2, 0) is 14.3 Å². The largest absolute Gasteiger partial charge is 0.493 e. The molecule has 0 radical (unpaired) electrons. The maximum Gasteiger partial charge on any atom is 0.311 e. The lowest BCUT2D eigenvalue weighted by molar-refractivity contribution is -0.152. The van der Waals surface area contributed by atoms with Gasteiger partial charge in [0.2, 0.25) is 0 Å². The van der Waals surface area contributed by atoms with Crippen molar-refractivity contribution in [1.82, 2.24) is 0 Å². The van der Waals surface area contributed by atoms with Crippen molar-refractivity contribution in [1.29, 1.82) is 0 Å². The van der Waals surface area contributed by atoms with E-state index in [-0.39, 0.29) is 24.9 Å². The first-order valence-corrected chi connectivity index (χ1v) is 7.38. The van der Waals surface area contributed by atoms with Crippen LogP contribution in [0.15, 0.2) is 18.2 Å². The number of ether oxygens (including phenoxy) is 3. The molecular formula is C17H24O5. The van der Waals surface area contributed by atoms with E-state index in [1.54, 1.807) is 12.1 Å². The molecule has 0 aromatic heterocycles. The Morgan fingerprint density at radius 3 is 2.27 bits per heavy atom. The van der Waals surface area contributed by atoms with Crippen molar-refractivity contribution in [2.45, 2.75) is 46.6 Å². The van der Waals surface area contributed by atoms with E-state index in [2.05, 4.69) is 0 Å². The highest BCUT2D eigenvalue weighted by Crippen LogP contribution is 2.28. The third-order valence-corrected chi connectivity index (χ3v) is 3.33. The lowest BCUT2D eigenvalue weighted by Crippen LogP contribution is -2.21. The van der Waals surface area contributed by atoms with Crippen molar-refractivity contribution in [2.75, 3.05) is 7.11 Å². The fourth-order valence-electron chi connectivity index (χ4n) is 1.64. The van der Waals surface area contributed by atoms with Crippen molar-refractivity contribution in [3.63, 3.8) is 0 Å². The topological polar surface area (TPSA) is 61.8 Å². The molecule has 0 saturated carbocycles. The van der Waals surface area contributed by atoms with Crippen LogP contribution in [0.2, 0.25) is 0 Å². The van der Waals surface area contributed by atoms with Gasteiger partial charge in [-0.05, 0) is 37.5 Å². The molecule has 1 unspecified atom stereocenters. The molecule has 0 heterocycles. The molecule has 0 aliphatic carbocycles. The Balaban J connectivity index is 2.50. The first-order valence-electron chi connectivity index (χ1n) is 7.38. The van der Waals surface area contributed by atoms with E-state index in [0.717, 1.165) is 5.56 Å². The molecule has 1 rings (SSSR count). The Labute approximate surface area is 131 Å². The van der Waals surface area contributed by atoms with E-state index >= 15 is 0 Å². The molecule has 22 heavy (non-hydrogen) atoms. The van der Waals surface area contributed by atoms with E-state index in [0.29, 0.717) is 11.5 Å². The fraction of sp³-hybridized carbons (Fsp3) is 0.529. The lowest BCUT2D eigenvalue weighted by Gasteiger charge is -2.16. The molecule has 1 aromatic rings. The summed E-state index contributed by atoms with van der Waals surface area (Å²) in [4.78, 5) is 23.5. The SMILES string of the molecule is COc1ccc(C)cc1OC(=O)CCC(=O)OC(C)C(C)C. The molecule has 5 heteroatoms. The number of esters is 2. The molecule has 1 aromatic carbocycles. The van der Waals surface area contributed by atoms with E-state index in [4.69, 9.17) is 14.2 Å². The maximum atomic E-state index is 11.8. The molecule has 5 nitrogen and oxygen atoms in total. The molecule has 122 valence electrons. The summed E-state index contributed by atoms with van der Waals surface area (Å²) in [6, 6.07) is 5.31. The summed E-state index contributed by atoms with van der Waals surface area (Å²) in [5, 5.41) is 0. The van der Waals surface area contributed by atoms with Gasteiger partial charge in [0, 0.05) is 0 Å². The van der Waals surface area contributed by atoms with Crippen LogP contribution in [-0.4, -0.2) is 25.2 Å². The molecule has 0 bridgehead atoms. The van der Waals surface area contributed by atoms with Gasteiger partial charge in [0.1, 0.15) is 6.10 Å². The molecule has 0 aliphatic rings. The van der Waals surface area contributed by atoms with Gasteiger partial charge < -0.3 is 14.2 Å². The Morgan fingerprint density at radius 2 is 1.68 bits per heavy atom. The monoisotopic (exact) mass is 308 g/mol. The highest BCUT2D eigenvalue weighted by molar-refractivity contribution is 5.79. The highest BCUT2D eigenvalue weighted by Gasteiger charge is 2.16. The predicted octanol–water partition coefficient (Wildman–Crippen LogP) is 3.28. The smallest absolute Gasteiger partial charge is 0.311 e. The number of aryl methyl sites for hydroxylation is 1. The zero-order chi connectivity index (χ0) is 16.7. The van der Waals surface area contributed by atoms with Gasteiger partial charge in [-0.2, -0.15) is 0 Å². The van der Waals surface area contributed by atoms with Crippen molar-refractivity contribution in [3.05, 3.63) is 23.8 Å². The van der Waals surface area contributed by atoms with E-state index < -0.39 is 11.9 Å². The van der Waals surface area contributed by atoms with E-state index in [9.17, 15) is 9.59 Å². The van der Waals surface area contributed by atoms with Gasteiger partial charge in [-0.25, -0.2) is 0 Å². The number of hydrogen-bond acceptors (Lipinski definition) is 5. The van der Waals surface area contributed by atoms with Crippen LogP contribution in [0.3, 0.4) is 0 Å². The predicted molar refractivity (Wildman–Crippen MR) is 83.0 cm³/mol. The summed E-state index contributed by atoms with van der Waals surface area (Å²) in [6.07, 6.45) is -0.189. The van der Waals surface area contributed by atoms with Crippen LogP contribution in [0.4, 0.5) is 0 Å². The van der Waals surface area contributed by atoms with Crippen LogP contribution in [0.5, 0.6) is 11.5 Å². The average Bonchev–Trinajstić information content (AvgIpc) is 2.45. The summed E-state index contributed by atoms with van der Waals surface area (Å²) in [6.45, 7) is 7.66. The second-order valence-corrected chi connectivity index (χ2v) is 5.57. The van der Waals surface area contributed by atoms with Crippen molar-refractivity contribution < 1.29 is 23.8 Å². The molecule has 0 spiro atoms. The molecule has 0 N–H and O–H groups in total. The number of benzene rings is 1. The van der Waals surface area contributed by atoms with Gasteiger partial charge in [-0.1, -0.05) is 19.9 Å². The van der Waals surface area contributed by atoms with Crippen molar-refractivity contribution in [2.24, 2.45) is 5.92 Å². The summed E-state index contributed by atoms with van der Waals surface area (Å²) < 4.78 is 15.6. The second kappa shape index (κ2) is 8.41. The standard InChI is InChI=1S/C17H24O5/c1-11(2)13(4)21-16(18)8-9-17(19)22-15-10-12(3)6-7-14(15)20-5/h6-7,10-11,13H,8-9H2,1-5H3. The van der Waals surface area contributed by atoms with Gasteiger partial charge >= 0.3 is 11.9 Å². The maximum absolute atomic E-state index is 11.8. The first-order chi connectivity index (χ1) is 10.3. The van der Waals surface area contributed by atoms with Crippen molar-refractivity contribution in [3.8, 4) is 11.5 Å². The Hall–Kier alpha value is -2.04. The Kier molecular flexibility index (Phi) is 6.89. The lowest BCUT2D eigenvalue weighted by atomic mass is 10.1. The average molecular weight is 308 g/mol.